The number of anilines is 2. The number of hydrogen-bond donors (Lipinski definition) is 2. The smallest absolute Gasteiger partial charge is 0.332 e. The lowest BCUT2D eigenvalue weighted by Gasteiger charge is -2.30. The summed E-state index contributed by atoms with van der Waals surface area (Å²) in [5.41, 5.74) is 5.42. The zero-order chi connectivity index (χ0) is 15.5. The van der Waals surface area contributed by atoms with Crippen LogP contribution in [0.25, 0.3) is 0 Å². The van der Waals surface area contributed by atoms with Crippen LogP contribution in [0.1, 0.15) is 47.0 Å². The highest BCUT2D eigenvalue weighted by Gasteiger charge is 2.24. The molecule has 0 aromatic carbocycles. The number of nitrogens with two attached hydrogens (primary N) is 1. The van der Waals surface area contributed by atoms with Crippen LogP contribution in [-0.4, -0.2) is 14.7 Å². The zero-order valence-electron chi connectivity index (χ0n) is 13.1. The maximum absolute atomic E-state index is 12.3. The van der Waals surface area contributed by atoms with Crippen molar-refractivity contribution in [3.63, 3.8) is 0 Å². The van der Waals surface area contributed by atoms with Crippen molar-refractivity contribution in [2.75, 3.05) is 11.1 Å². The Kier molecular flexibility index (Phi) is 5.03. The van der Waals surface area contributed by atoms with Gasteiger partial charge >= 0.3 is 5.69 Å². The second-order valence-corrected chi connectivity index (χ2v) is 5.45. The average Bonchev–Trinajstić information content (AvgIpc) is 2.46. The molecule has 3 N–H and O–H groups in total. The van der Waals surface area contributed by atoms with Gasteiger partial charge in [0.1, 0.15) is 11.5 Å². The van der Waals surface area contributed by atoms with E-state index in [-0.39, 0.29) is 22.6 Å². The molecule has 0 aliphatic carbocycles. The number of rotatable bonds is 6. The number of hydrogen-bond acceptors (Lipinski definition) is 4. The first-order chi connectivity index (χ1) is 9.31. The van der Waals surface area contributed by atoms with Gasteiger partial charge in [-0.15, -0.1) is 0 Å². The minimum Gasteiger partial charge on any atom is -0.383 e. The highest BCUT2D eigenvalue weighted by molar-refractivity contribution is 5.61. The summed E-state index contributed by atoms with van der Waals surface area (Å²) in [7, 11) is 1.48. The number of aromatic nitrogens is 2. The quantitative estimate of drug-likeness (QED) is 0.829. The van der Waals surface area contributed by atoms with Gasteiger partial charge in [-0.05, 0) is 26.2 Å². The molecule has 1 aromatic rings. The van der Waals surface area contributed by atoms with Gasteiger partial charge in [0.2, 0.25) is 0 Å². The van der Waals surface area contributed by atoms with Crippen LogP contribution < -0.4 is 22.3 Å². The maximum atomic E-state index is 12.3. The predicted octanol–water partition coefficient (Wildman–Crippen LogP) is 1.53. The highest BCUT2D eigenvalue weighted by atomic mass is 16.2. The van der Waals surface area contributed by atoms with Crippen molar-refractivity contribution in [1.29, 1.82) is 0 Å². The molecule has 0 aliphatic heterocycles. The minimum atomic E-state index is -0.368. The van der Waals surface area contributed by atoms with Crippen LogP contribution in [0, 0.1) is 0 Å². The molecule has 1 rings (SSSR count). The van der Waals surface area contributed by atoms with Gasteiger partial charge in [0, 0.05) is 19.1 Å². The average molecular weight is 282 g/mol. The van der Waals surface area contributed by atoms with Crippen LogP contribution in [0.2, 0.25) is 0 Å². The lowest BCUT2D eigenvalue weighted by molar-refractivity contribution is 0.475. The summed E-state index contributed by atoms with van der Waals surface area (Å²) in [6.45, 7) is 8.62. The Hall–Kier alpha value is -1.72. The molecule has 0 atom stereocenters. The molecule has 6 nitrogen and oxygen atoms in total. The first-order valence-corrected chi connectivity index (χ1v) is 7.18. The Labute approximate surface area is 119 Å². The fraction of sp³-hybridized carbons (Fsp3) is 0.714. The van der Waals surface area contributed by atoms with E-state index < -0.39 is 0 Å². The monoisotopic (exact) mass is 282 g/mol. The van der Waals surface area contributed by atoms with Gasteiger partial charge < -0.3 is 11.1 Å². The Balaban J connectivity index is 3.48. The molecule has 0 saturated carbocycles. The fourth-order valence-electron chi connectivity index (χ4n) is 2.07. The molecule has 0 radical (unpaired) electrons. The molecular formula is C14H26N4O2. The molecule has 0 aliphatic rings. The van der Waals surface area contributed by atoms with E-state index in [1.165, 1.54) is 11.6 Å². The zero-order valence-corrected chi connectivity index (χ0v) is 13.1. The van der Waals surface area contributed by atoms with Crippen molar-refractivity contribution < 1.29 is 0 Å². The third-order valence-corrected chi connectivity index (χ3v) is 4.02. The van der Waals surface area contributed by atoms with E-state index in [9.17, 15) is 9.59 Å². The normalized spacial score (nSPS) is 11.7. The summed E-state index contributed by atoms with van der Waals surface area (Å²) in [4.78, 5) is 24.4. The van der Waals surface area contributed by atoms with E-state index in [0.717, 1.165) is 23.8 Å². The second-order valence-electron chi connectivity index (χ2n) is 5.45. The first-order valence-electron chi connectivity index (χ1n) is 7.18. The van der Waals surface area contributed by atoms with Crippen LogP contribution in [0.4, 0.5) is 11.5 Å². The van der Waals surface area contributed by atoms with E-state index in [4.69, 9.17) is 5.73 Å². The predicted molar refractivity (Wildman–Crippen MR) is 83.3 cm³/mol. The molecule has 6 heteroatoms. The molecule has 0 bridgehead atoms. The Morgan fingerprint density at radius 1 is 1.20 bits per heavy atom. The van der Waals surface area contributed by atoms with Crippen molar-refractivity contribution >= 4 is 11.5 Å². The van der Waals surface area contributed by atoms with Gasteiger partial charge in [0.25, 0.3) is 5.56 Å². The highest BCUT2D eigenvalue weighted by Crippen LogP contribution is 2.22. The Morgan fingerprint density at radius 3 is 2.20 bits per heavy atom. The van der Waals surface area contributed by atoms with Crippen molar-refractivity contribution in [1.82, 2.24) is 9.13 Å². The van der Waals surface area contributed by atoms with Gasteiger partial charge in [0.15, 0.2) is 0 Å². The molecule has 114 valence electrons. The topological polar surface area (TPSA) is 82.0 Å². The molecule has 0 unspecified atom stereocenters. The van der Waals surface area contributed by atoms with Gasteiger partial charge in [-0.25, -0.2) is 4.79 Å². The summed E-state index contributed by atoms with van der Waals surface area (Å²) in [5, 5.41) is 3.24. The Bertz CT molecular complexity index is 582. The van der Waals surface area contributed by atoms with Crippen molar-refractivity contribution in [3.05, 3.63) is 20.8 Å². The van der Waals surface area contributed by atoms with Gasteiger partial charge in [-0.3, -0.25) is 13.9 Å². The van der Waals surface area contributed by atoms with Gasteiger partial charge in [-0.1, -0.05) is 20.8 Å². The van der Waals surface area contributed by atoms with E-state index in [0.29, 0.717) is 12.2 Å². The van der Waals surface area contributed by atoms with Crippen LogP contribution in [0.15, 0.2) is 9.59 Å². The maximum Gasteiger partial charge on any atom is 0.332 e. The van der Waals surface area contributed by atoms with Gasteiger partial charge in [-0.2, -0.15) is 0 Å². The summed E-state index contributed by atoms with van der Waals surface area (Å²) in [6, 6.07) is 0. The van der Waals surface area contributed by atoms with Crippen molar-refractivity contribution in [3.8, 4) is 0 Å². The second kappa shape index (κ2) is 6.15. The lowest BCUT2D eigenvalue weighted by Crippen LogP contribution is -2.44. The number of nitrogens with zero attached hydrogens (tertiary/aromatic N) is 2. The van der Waals surface area contributed by atoms with Crippen LogP contribution in [0.5, 0.6) is 0 Å². The third-order valence-electron chi connectivity index (χ3n) is 4.02. The summed E-state index contributed by atoms with van der Waals surface area (Å²) < 4.78 is 2.57. The van der Waals surface area contributed by atoms with E-state index in [1.807, 2.05) is 13.8 Å². The van der Waals surface area contributed by atoms with Crippen LogP contribution in [0.3, 0.4) is 0 Å². The first kappa shape index (κ1) is 16.3. The summed E-state index contributed by atoms with van der Waals surface area (Å²) >= 11 is 0. The SMILES string of the molecule is CCCn1c(N)c(NC(C)(CC)CC)c(=O)n(C)c1=O. The Morgan fingerprint density at radius 2 is 1.75 bits per heavy atom. The fourth-order valence-corrected chi connectivity index (χ4v) is 2.07. The third kappa shape index (κ3) is 2.89. The van der Waals surface area contributed by atoms with E-state index in [2.05, 4.69) is 19.2 Å². The van der Waals surface area contributed by atoms with Crippen molar-refractivity contribution in [2.24, 2.45) is 7.05 Å². The summed E-state index contributed by atoms with van der Waals surface area (Å²) in [5.74, 6) is 0.230. The van der Waals surface area contributed by atoms with E-state index in [1.54, 1.807) is 0 Å². The van der Waals surface area contributed by atoms with Gasteiger partial charge in [0.05, 0.1) is 0 Å². The summed E-state index contributed by atoms with van der Waals surface area (Å²) in [6.07, 6.45) is 2.50. The van der Waals surface area contributed by atoms with Crippen LogP contribution in [-0.2, 0) is 13.6 Å². The van der Waals surface area contributed by atoms with Crippen molar-refractivity contribution in [2.45, 2.75) is 59.0 Å². The molecule has 0 spiro atoms. The largest absolute Gasteiger partial charge is 0.383 e. The molecule has 0 fully saturated rings. The molecule has 20 heavy (non-hydrogen) atoms. The molecule has 1 aromatic heterocycles. The number of nitrogen functional groups attached to an aromatic ring is 1. The number of nitrogens with one attached hydrogen (secondary N) is 1. The standard InChI is InChI=1S/C14H26N4O2/c1-6-9-18-11(15)10(12(19)17(5)13(18)20)16-14(4,7-2)8-3/h16H,6-9,15H2,1-5H3. The molecular weight excluding hydrogens is 256 g/mol. The minimum absolute atomic E-state index is 0.214. The molecule has 1 heterocycles. The lowest BCUT2D eigenvalue weighted by atomic mass is 9.95. The molecule has 0 amide bonds. The molecule has 0 saturated heterocycles. The van der Waals surface area contributed by atoms with E-state index >= 15 is 0 Å². The van der Waals surface area contributed by atoms with Crippen LogP contribution >= 0.6 is 0 Å².